The molecule has 2 saturated heterocycles. The third kappa shape index (κ3) is 5.55. The summed E-state index contributed by atoms with van der Waals surface area (Å²) in [7, 11) is 0. The van der Waals surface area contributed by atoms with E-state index in [1.54, 1.807) is 0 Å². The molecule has 4 unspecified atom stereocenters. The van der Waals surface area contributed by atoms with Crippen molar-refractivity contribution in [2.24, 2.45) is 11.8 Å². The molecule has 2 aliphatic heterocycles. The second kappa shape index (κ2) is 11.4. The summed E-state index contributed by atoms with van der Waals surface area (Å²) in [6.07, 6.45) is 13.7. The van der Waals surface area contributed by atoms with Crippen LogP contribution in [0, 0.1) is 23.5 Å². The van der Waals surface area contributed by atoms with E-state index >= 15 is 8.78 Å². The van der Waals surface area contributed by atoms with Crippen LogP contribution in [0.4, 0.5) is 8.78 Å². The maximum absolute atomic E-state index is 15.1. The van der Waals surface area contributed by atoms with Gasteiger partial charge in [0.25, 0.3) is 0 Å². The van der Waals surface area contributed by atoms with E-state index in [4.69, 9.17) is 9.47 Å². The van der Waals surface area contributed by atoms with Gasteiger partial charge in [0.1, 0.15) is 0 Å². The Morgan fingerprint density at radius 3 is 1.94 bits per heavy atom. The van der Waals surface area contributed by atoms with Crippen molar-refractivity contribution in [1.82, 2.24) is 0 Å². The highest BCUT2D eigenvalue weighted by Crippen LogP contribution is 2.41. The third-order valence-electron chi connectivity index (χ3n) is 8.42. The second-order valence-electron chi connectivity index (χ2n) is 10.6. The fraction of sp³-hybridized carbons (Fsp3) is 0.786. The Labute approximate surface area is 193 Å². The van der Waals surface area contributed by atoms with Crippen molar-refractivity contribution >= 4 is 0 Å². The molecule has 32 heavy (non-hydrogen) atoms. The van der Waals surface area contributed by atoms with Crippen LogP contribution in [0.5, 0.6) is 0 Å². The van der Waals surface area contributed by atoms with Crippen LogP contribution in [0.25, 0.3) is 0 Å². The van der Waals surface area contributed by atoms with Crippen LogP contribution >= 0.6 is 0 Å². The quantitative estimate of drug-likeness (QED) is 0.422. The van der Waals surface area contributed by atoms with Crippen LogP contribution in [0.15, 0.2) is 12.1 Å². The minimum absolute atomic E-state index is 0.0487. The molecular weight excluding hydrogens is 406 g/mol. The lowest BCUT2D eigenvalue weighted by molar-refractivity contribution is -0.0966. The highest BCUT2D eigenvalue weighted by atomic mass is 19.2. The standard InChI is InChI=1S/C28H42F2O2/c1-3-5-19-7-9-20(10-8-19)24-14-15-25(28(30)27(24)29)21-12-16-26(32-17-21)22-11-13-23(6-4-2)31-18-22/h14-15,19-23,26H,3-13,16-18H2,1-2H3. The van der Waals surface area contributed by atoms with Crippen LogP contribution in [0.1, 0.15) is 114 Å². The van der Waals surface area contributed by atoms with E-state index in [2.05, 4.69) is 13.8 Å². The first-order chi connectivity index (χ1) is 15.6. The van der Waals surface area contributed by atoms with Crippen LogP contribution in [-0.4, -0.2) is 25.4 Å². The van der Waals surface area contributed by atoms with Gasteiger partial charge in [-0.1, -0.05) is 45.2 Å². The smallest absolute Gasteiger partial charge is 0.162 e. The molecule has 4 atom stereocenters. The summed E-state index contributed by atoms with van der Waals surface area (Å²) in [5, 5.41) is 0. The summed E-state index contributed by atoms with van der Waals surface area (Å²) in [5.41, 5.74) is 1.10. The molecule has 1 aromatic carbocycles. The number of halogens is 2. The topological polar surface area (TPSA) is 18.5 Å². The Kier molecular flexibility index (Phi) is 8.61. The molecule has 180 valence electrons. The van der Waals surface area contributed by atoms with Gasteiger partial charge in [0.15, 0.2) is 11.6 Å². The minimum atomic E-state index is -0.631. The monoisotopic (exact) mass is 448 g/mol. The fourth-order valence-corrected chi connectivity index (χ4v) is 6.44. The lowest BCUT2D eigenvalue weighted by Crippen LogP contribution is -2.38. The van der Waals surface area contributed by atoms with E-state index in [0.717, 1.165) is 76.7 Å². The van der Waals surface area contributed by atoms with Crippen molar-refractivity contribution in [2.75, 3.05) is 13.2 Å². The van der Waals surface area contributed by atoms with Crippen LogP contribution in [0.2, 0.25) is 0 Å². The van der Waals surface area contributed by atoms with Gasteiger partial charge in [-0.15, -0.1) is 0 Å². The maximum Gasteiger partial charge on any atom is 0.162 e. The molecule has 0 N–H and O–H groups in total. The Morgan fingerprint density at radius 1 is 0.719 bits per heavy atom. The molecule has 3 fully saturated rings. The molecular formula is C28H42F2O2. The van der Waals surface area contributed by atoms with Crippen molar-refractivity contribution in [2.45, 2.75) is 115 Å². The molecule has 2 heterocycles. The summed E-state index contributed by atoms with van der Waals surface area (Å²) < 4.78 is 42.4. The fourth-order valence-electron chi connectivity index (χ4n) is 6.44. The molecule has 2 nitrogen and oxygen atoms in total. The molecule has 1 aromatic rings. The Hall–Kier alpha value is -1.00. The Balaban J connectivity index is 1.32. The number of ether oxygens (including phenoxy) is 2. The number of hydrogen-bond donors (Lipinski definition) is 0. The Morgan fingerprint density at radius 2 is 1.38 bits per heavy atom. The van der Waals surface area contributed by atoms with Crippen molar-refractivity contribution in [3.8, 4) is 0 Å². The maximum atomic E-state index is 15.1. The van der Waals surface area contributed by atoms with Crippen molar-refractivity contribution in [3.63, 3.8) is 0 Å². The first-order valence-corrected chi connectivity index (χ1v) is 13.3. The van der Waals surface area contributed by atoms with Gasteiger partial charge in [0.2, 0.25) is 0 Å². The van der Waals surface area contributed by atoms with Crippen LogP contribution in [0.3, 0.4) is 0 Å². The van der Waals surface area contributed by atoms with Crippen LogP contribution in [-0.2, 0) is 9.47 Å². The number of hydrogen-bond acceptors (Lipinski definition) is 2. The lowest BCUT2D eigenvalue weighted by atomic mass is 9.76. The molecule has 1 aliphatic carbocycles. The first-order valence-electron chi connectivity index (χ1n) is 13.3. The minimum Gasteiger partial charge on any atom is -0.378 e. The Bertz CT molecular complexity index is 712. The van der Waals surface area contributed by atoms with E-state index < -0.39 is 11.6 Å². The highest BCUT2D eigenvalue weighted by molar-refractivity contribution is 5.32. The van der Waals surface area contributed by atoms with Crippen molar-refractivity contribution in [1.29, 1.82) is 0 Å². The number of benzene rings is 1. The second-order valence-corrected chi connectivity index (χ2v) is 10.6. The average Bonchev–Trinajstić information content (AvgIpc) is 2.83. The van der Waals surface area contributed by atoms with Crippen molar-refractivity contribution in [3.05, 3.63) is 34.9 Å². The summed E-state index contributed by atoms with van der Waals surface area (Å²) in [4.78, 5) is 0. The molecule has 0 spiro atoms. The van der Waals surface area contributed by atoms with Gasteiger partial charge in [-0.05, 0) is 80.8 Å². The molecule has 3 aliphatic rings. The molecule has 4 heteroatoms. The normalized spacial score (nSPS) is 33.9. The van der Waals surface area contributed by atoms with Crippen molar-refractivity contribution < 1.29 is 18.3 Å². The zero-order valence-electron chi connectivity index (χ0n) is 20.1. The molecule has 0 radical (unpaired) electrons. The summed E-state index contributed by atoms with van der Waals surface area (Å²) in [5.74, 6) is 0.0903. The zero-order valence-corrected chi connectivity index (χ0v) is 20.1. The van der Waals surface area contributed by atoms with E-state index in [9.17, 15) is 0 Å². The molecule has 0 amide bonds. The highest BCUT2D eigenvalue weighted by Gasteiger charge is 2.34. The van der Waals surface area contributed by atoms with E-state index in [0.29, 0.717) is 29.8 Å². The van der Waals surface area contributed by atoms with Gasteiger partial charge in [-0.25, -0.2) is 8.78 Å². The molecule has 0 aromatic heterocycles. The van der Waals surface area contributed by atoms with E-state index in [1.807, 2.05) is 12.1 Å². The van der Waals surface area contributed by atoms with E-state index in [-0.39, 0.29) is 17.9 Å². The third-order valence-corrected chi connectivity index (χ3v) is 8.42. The predicted octanol–water partition coefficient (Wildman–Crippen LogP) is 7.90. The molecule has 1 saturated carbocycles. The summed E-state index contributed by atoms with van der Waals surface area (Å²) in [6.45, 7) is 5.69. The molecule has 4 rings (SSSR count). The van der Waals surface area contributed by atoms with Gasteiger partial charge in [-0.3, -0.25) is 0 Å². The molecule has 0 bridgehead atoms. The zero-order chi connectivity index (χ0) is 22.5. The summed E-state index contributed by atoms with van der Waals surface area (Å²) >= 11 is 0. The van der Waals surface area contributed by atoms with Crippen LogP contribution < -0.4 is 0 Å². The van der Waals surface area contributed by atoms with Gasteiger partial charge in [-0.2, -0.15) is 0 Å². The van der Waals surface area contributed by atoms with E-state index in [1.165, 1.54) is 12.8 Å². The largest absolute Gasteiger partial charge is 0.378 e. The van der Waals surface area contributed by atoms with Gasteiger partial charge >= 0.3 is 0 Å². The average molecular weight is 449 g/mol. The van der Waals surface area contributed by atoms with Gasteiger partial charge in [0, 0.05) is 11.8 Å². The van der Waals surface area contributed by atoms with Gasteiger partial charge in [0.05, 0.1) is 25.4 Å². The lowest BCUT2D eigenvalue weighted by Gasteiger charge is -2.38. The SMILES string of the molecule is CCCC1CCC(c2ccc(C3CCC(C4CCC(CCC)OC4)OC3)c(F)c2F)CC1. The first kappa shape index (κ1) is 24.1. The van der Waals surface area contributed by atoms with Gasteiger partial charge < -0.3 is 9.47 Å². The number of rotatable bonds is 7. The predicted molar refractivity (Wildman–Crippen MR) is 125 cm³/mol. The summed E-state index contributed by atoms with van der Waals surface area (Å²) in [6, 6.07) is 3.72.